The van der Waals surface area contributed by atoms with Crippen molar-refractivity contribution >= 4 is 10.0 Å². The van der Waals surface area contributed by atoms with E-state index in [4.69, 9.17) is 5.26 Å². The summed E-state index contributed by atoms with van der Waals surface area (Å²) in [6.07, 6.45) is 2.73. The molecule has 1 aromatic heterocycles. The molecule has 1 N–H and O–H groups in total. The van der Waals surface area contributed by atoms with Crippen LogP contribution >= 0.6 is 0 Å². The molecule has 1 fully saturated rings. The van der Waals surface area contributed by atoms with E-state index in [1.54, 1.807) is 6.07 Å². The van der Waals surface area contributed by atoms with Crippen LogP contribution in [0.4, 0.5) is 0 Å². The van der Waals surface area contributed by atoms with Gasteiger partial charge in [-0.05, 0) is 25.0 Å². The Labute approximate surface area is 106 Å². The maximum atomic E-state index is 12.4. The highest BCUT2D eigenvalue weighted by molar-refractivity contribution is 7.89. The summed E-state index contributed by atoms with van der Waals surface area (Å²) in [5.74, 6) is 0. The molecule has 1 aromatic rings. The van der Waals surface area contributed by atoms with Crippen LogP contribution in [0, 0.1) is 11.3 Å². The molecule has 1 saturated heterocycles. The summed E-state index contributed by atoms with van der Waals surface area (Å²) in [7, 11) is -3.75. The highest BCUT2D eigenvalue weighted by Gasteiger charge is 2.36. The van der Waals surface area contributed by atoms with E-state index in [1.165, 1.54) is 22.6 Å². The van der Waals surface area contributed by atoms with E-state index in [0.717, 1.165) is 0 Å². The van der Waals surface area contributed by atoms with Gasteiger partial charge in [-0.1, -0.05) is 0 Å². The van der Waals surface area contributed by atoms with Crippen LogP contribution in [0.15, 0.2) is 23.2 Å². The molecular weight excluding hydrogens is 254 g/mol. The molecule has 0 spiro atoms. The van der Waals surface area contributed by atoms with Gasteiger partial charge in [-0.3, -0.25) is 0 Å². The molecule has 0 aromatic carbocycles. The molecule has 0 saturated carbocycles. The maximum absolute atomic E-state index is 12.4. The highest BCUT2D eigenvalue weighted by Crippen LogP contribution is 2.26. The van der Waals surface area contributed by atoms with E-state index in [1.807, 2.05) is 0 Å². The fraction of sp³-hybridized carbons (Fsp3) is 0.455. The van der Waals surface area contributed by atoms with Gasteiger partial charge in [-0.2, -0.15) is 9.57 Å². The molecular formula is C11H13N3O3S. The Balaban J connectivity index is 2.46. The average Bonchev–Trinajstić information content (AvgIpc) is 2.87. The number of aliphatic hydroxyl groups is 1. The molecule has 0 radical (unpaired) electrons. The lowest BCUT2D eigenvalue weighted by molar-refractivity contribution is 0.213. The number of pyridine rings is 1. The predicted octanol–water partition coefficient (Wildman–Crippen LogP) is 0.0987. The second-order valence-corrected chi connectivity index (χ2v) is 5.92. The van der Waals surface area contributed by atoms with Gasteiger partial charge in [0.1, 0.15) is 11.0 Å². The van der Waals surface area contributed by atoms with Crippen LogP contribution in [0.5, 0.6) is 0 Å². The minimum Gasteiger partial charge on any atom is -0.395 e. The Bertz CT molecular complexity index is 579. The van der Waals surface area contributed by atoms with Crippen LogP contribution in [-0.2, 0) is 10.0 Å². The van der Waals surface area contributed by atoms with Gasteiger partial charge in [-0.15, -0.1) is 0 Å². The molecule has 0 amide bonds. The standard InChI is InChI=1S/C11H13N3O3S/c12-7-10-11(4-1-5-13-10)18(16,17)14-6-2-3-9(14)8-15/h1,4-5,9,15H,2-3,6,8H2. The molecule has 0 bridgehead atoms. The van der Waals surface area contributed by atoms with Crippen LogP contribution in [-0.4, -0.2) is 42.0 Å². The van der Waals surface area contributed by atoms with Gasteiger partial charge < -0.3 is 5.11 Å². The van der Waals surface area contributed by atoms with Crippen molar-refractivity contribution in [3.8, 4) is 6.07 Å². The van der Waals surface area contributed by atoms with E-state index in [0.29, 0.717) is 19.4 Å². The third-order valence-electron chi connectivity index (χ3n) is 3.00. The van der Waals surface area contributed by atoms with E-state index in [-0.39, 0.29) is 17.2 Å². The molecule has 1 unspecified atom stereocenters. The second kappa shape index (κ2) is 5.02. The number of rotatable bonds is 3. The first-order valence-electron chi connectivity index (χ1n) is 5.59. The van der Waals surface area contributed by atoms with Crippen molar-refractivity contribution in [1.29, 1.82) is 5.26 Å². The van der Waals surface area contributed by atoms with Gasteiger partial charge in [-0.25, -0.2) is 13.4 Å². The molecule has 96 valence electrons. The summed E-state index contributed by atoms with van der Waals surface area (Å²) in [6, 6.07) is 4.23. The van der Waals surface area contributed by atoms with Crippen LogP contribution in [0.1, 0.15) is 18.5 Å². The topological polar surface area (TPSA) is 94.3 Å². The van der Waals surface area contributed by atoms with Crippen LogP contribution in [0.3, 0.4) is 0 Å². The van der Waals surface area contributed by atoms with Gasteiger partial charge in [0.05, 0.1) is 6.61 Å². The van der Waals surface area contributed by atoms with Crippen LogP contribution < -0.4 is 0 Å². The van der Waals surface area contributed by atoms with E-state index in [2.05, 4.69) is 4.98 Å². The zero-order valence-corrected chi connectivity index (χ0v) is 10.5. The molecule has 0 aliphatic carbocycles. The second-order valence-electron chi connectivity index (χ2n) is 4.06. The third-order valence-corrected chi connectivity index (χ3v) is 4.98. The number of sulfonamides is 1. The normalized spacial score (nSPS) is 20.8. The first kappa shape index (κ1) is 13.0. The van der Waals surface area contributed by atoms with Crippen molar-refractivity contribution in [1.82, 2.24) is 9.29 Å². The van der Waals surface area contributed by atoms with Crippen molar-refractivity contribution in [2.24, 2.45) is 0 Å². The Morgan fingerprint density at radius 1 is 1.61 bits per heavy atom. The summed E-state index contributed by atoms with van der Waals surface area (Å²) >= 11 is 0. The van der Waals surface area contributed by atoms with Gasteiger partial charge in [0.2, 0.25) is 10.0 Å². The summed E-state index contributed by atoms with van der Waals surface area (Å²) in [4.78, 5) is 3.67. The number of nitrogens with zero attached hydrogens (tertiary/aromatic N) is 3. The zero-order chi connectivity index (χ0) is 13.2. The van der Waals surface area contributed by atoms with Crippen molar-refractivity contribution in [3.05, 3.63) is 24.0 Å². The highest BCUT2D eigenvalue weighted by atomic mass is 32.2. The molecule has 7 heteroatoms. The minimum absolute atomic E-state index is 0.0900. The number of aromatic nitrogens is 1. The van der Waals surface area contributed by atoms with Crippen LogP contribution in [0.2, 0.25) is 0 Å². The monoisotopic (exact) mass is 267 g/mol. The lowest BCUT2D eigenvalue weighted by Gasteiger charge is -2.22. The number of aliphatic hydroxyl groups excluding tert-OH is 1. The average molecular weight is 267 g/mol. The van der Waals surface area contributed by atoms with Crippen molar-refractivity contribution < 1.29 is 13.5 Å². The summed E-state index contributed by atoms with van der Waals surface area (Å²) in [6.45, 7) is 0.161. The van der Waals surface area contributed by atoms with Crippen molar-refractivity contribution in [2.45, 2.75) is 23.8 Å². The van der Waals surface area contributed by atoms with Gasteiger partial charge in [0.25, 0.3) is 0 Å². The SMILES string of the molecule is N#Cc1ncccc1S(=O)(=O)N1CCCC1CO. The van der Waals surface area contributed by atoms with Gasteiger partial charge in [0, 0.05) is 18.8 Å². The zero-order valence-electron chi connectivity index (χ0n) is 9.65. The largest absolute Gasteiger partial charge is 0.395 e. The van der Waals surface area contributed by atoms with Crippen LogP contribution in [0.25, 0.3) is 0 Å². The predicted molar refractivity (Wildman–Crippen MR) is 63.0 cm³/mol. The Hall–Kier alpha value is -1.49. The third kappa shape index (κ3) is 2.10. The number of nitriles is 1. The van der Waals surface area contributed by atoms with Gasteiger partial charge >= 0.3 is 0 Å². The minimum atomic E-state index is -3.75. The smallest absolute Gasteiger partial charge is 0.246 e. The molecule has 2 rings (SSSR count). The van der Waals surface area contributed by atoms with Crippen molar-refractivity contribution in [3.63, 3.8) is 0 Å². The van der Waals surface area contributed by atoms with Crippen molar-refractivity contribution in [2.75, 3.05) is 13.2 Å². The molecule has 6 nitrogen and oxygen atoms in total. The molecule has 1 aliphatic rings. The first-order valence-corrected chi connectivity index (χ1v) is 7.03. The molecule has 1 atom stereocenters. The summed E-state index contributed by atoms with van der Waals surface area (Å²) < 4.78 is 26.1. The maximum Gasteiger partial charge on any atom is 0.246 e. The fourth-order valence-corrected chi connectivity index (χ4v) is 3.90. The van der Waals surface area contributed by atoms with E-state index < -0.39 is 16.1 Å². The molecule has 2 heterocycles. The summed E-state index contributed by atoms with van der Waals surface area (Å²) in [5, 5.41) is 18.1. The van der Waals surface area contributed by atoms with E-state index in [9.17, 15) is 13.5 Å². The summed E-state index contributed by atoms with van der Waals surface area (Å²) in [5.41, 5.74) is -0.110. The molecule has 1 aliphatic heterocycles. The first-order chi connectivity index (χ1) is 8.61. The Morgan fingerprint density at radius 2 is 2.39 bits per heavy atom. The Kier molecular flexibility index (Phi) is 3.61. The lowest BCUT2D eigenvalue weighted by atomic mass is 10.2. The van der Waals surface area contributed by atoms with E-state index >= 15 is 0 Å². The number of hydrogen-bond acceptors (Lipinski definition) is 5. The Morgan fingerprint density at radius 3 is 3.06 bits per heavy atom. The quantitative estimate of drug-likeness (QED) is 0.838. The number of hydrogen-bond donors (Lipinski definition) is 1. The molecule has 18 heavy (non-hydrogen) atoms. The van der Waals surface area contributed by atoms with Gasteiger partial charge in [0.15, 0.2) is 5.69 Å². The lowest BCUT2D eigenvalue weighted by Crippen LogP contribution is -2.38. The fourth-order valence-electron chi connectivity index (χ4n) is 2.12.